The fraction of sp³-hybridized carbons (Fsp3) is 0.562. The van der Waals surface area contributed by atoms with Crippen molar-refractivity contribution in [3.8, 4) is 0 Å². The Balaban J connectivity index is 2.12. The number of rotatable bonds is 4. The lowest BCUT2D eigenvalue weighted by atomic mass is 9.93. The molecule has 1 amide bonds. The Morgan fingerprint density at radius 2 is 2.00 bits per heavy atom. The van der Waals surface area contributed by atoms with Crippen LogP contribution >= 0.6 is 0 Å². The summed E-state index contributed by atoms with van der Waals surface area (Å²) in [6, 6.07) is 7.97. The molecule has 0 bridgehead atoms. The summed E-state index contributed by atoms with van der Waals surface area (Å²) in [4.78, 5) is 12.3. The molecule has 1 aromatic rings. The fourth-order valence-corrected chi connectivity index (χ4v) is 2.52. The van der Waals surface area contributed by atoms with Crippen molar-refractivity contribution in [2.75, 3.05) is 5.32 Å². The standard InChI is InChI=1S/C16H24N2O/c1-4-16(3,5-2)18-14-11-10-12-8-6-7-9-13(12)17-15(14)19/h6-9,14,18H,4-5,10-11H2,1-3H3,(H,17,19). The Kier molecular flexibility index (Phi) is 4.25. The Bertz CT molecular complexity index is 452. The lowest BCUT2D eigenvalue weighted by molar-refractivity contribution is -0.118. The Hall–Kier alpha value is -1.35. The van der Waals surface area contributed by atoms with Crippen molar-refractivity contribution in [2.45, 2.75) is 58.0 Å². The van der Waals surface area contributed by atoms with Crippen molar-refractivity contribution < 1.29 is 4.79 Å². The molecule has 1 aromatic carbocycles. The van der Waals surface area contributed by atoms with E-state index in [2.05, 4.69) is 37.5 Å². The van der Waals surface area contributed by atoms with Crippen LogP contribution in [0.5, 0.6) is 0 Å². The first-order chi connectivity index (χ1) is 9.08. The van der Waals surface area contributed by atoms with E-state index in [9.17, 15) is 4.79 Å². The number of nitrogens with one attached hydrogen (secondary N) is 2. The molecule has 0 saturated carbocycles. The molecule has 0 aliphatic carbocycles. The number of hydrogen-bond acceptors (Lipinski definition) is 2. The third-order valence-corrected chi connectivity index (χ3v) is 4.38. The molecule has 1 aliphatic rings. The van der Waals surface area contributed by atoms with E-state index in [1.807, 2.05) is 18.2 Å². The molecular weight excluding hydrogens is 236 g/mol. The highest BCUT2D eigenvalue weighted by atomic mass is 16.2. The quantitative estimate of drug-likeness (QED) is 0.873. The van der Waals surface area contributed by atoms with Gasteiger partial charge >= 0.3 is 0 Å². The zero-order valence-corrected chi connectivity index (χ0v) is 12.1. The van der Waals surface area contributed by atoms with Gasteiger partial charge in [0.15, 0.2) is 0 Å². The van der Waals surface area contributed by atoms with E-state index in [-0.39, 0.29) is 17.5 Å². The summed E-state index contributed by atoms with van der Waals surface area (Å²) in [7, 11) is 0. The van der Waals surface area contributed by atoms with Crippen LogP contribution in [0.25, 0.3) is 0 Å². The van der Waals surface area contributed by atoms with Gasteiger partial charge in [-0.2, -0.15) is 0 Å². The van der Waals surface area contributed by atoms with E-state index in [4.69, 9.17) is 0 Å². The maximum atomic E-state index is 12.3. The SMILES string of the molecule is CCC(C)(CC)NC1CCc2ccccc2NC1=O. The predicted molar refractivity (Wildman–Crippen MR) is 79.3 cm³/mol. The summed E-state index contributed by atoms with van der Waals surface area (Å²) >= 11 is 0. The van der Waals surface area contributed by atoms with Gasteiger partial charge in [0.05, 0.1) is 6.04 Å². The van der Waals surface area contributed by atoms with Gasteiger partial charge in [-0.15, -0.1) is 0 Å². The van der Waals surface area contributed by atoms with Crippen LogP contribution in [-0.2, 0) is 11.2 Å². The molecule has 3 heteroatoms. The van der Waals surface area contributed by atoms with E-state index < -0.39 is 0 Å². The van der Waals surface area contributed by atoms with Gasteiger partial charge in [0.25, 0.3) is 0 Å². The number of fused-ring (bicyclic) bond motifs is 1. The minimum atomic E-state index is -0.0997. The zero-order valence-electron chi connectivity index (χ0n) is 12.1. The summed E-state index contributed by atoms with van der Waals surface area (Å²) in [6.45, 7) is 6.53. The average molecular weight is 260 g/mol. The Labute approximate surface area is 115 Å². The molecule has 0 aromatic heterocycles. The van der Waals surface area contributed by atoms with Crippen molar-refractivity contribution in [1.82, 2.24) is 5.32 Å². The van der Waals surface area contributed by atoms with Crippen LogP contribution in [0.1, 0.15) is 45.6 Å². The third kappa shape index (κ3) is 3.16. The smallest absolute Gasteiger partial charge is 0.241 e. The molecule has 1 atom stereocenters. The topological polar surface area (TPSA) is 41.1 Å². The maximum Gasteiger partial charge on any atom is 0.241 e. The van der Waals surface area contributed by atoms with E-state index in [1.165, 1.54) is 5.56 Å². The minimum absolute atomic E-state index is 0.0402. The van der Waals surface area contributed by atoms with Gasteiger partial charge in [0, 0.05) is 11.2 Å². The summed E-state index contributed by atoms with van der Waals surface area (Å²) in [5.41, 5.74) is 2.24. The highest BCUT2D eigenvalue weighted by Crippen LogP contribution is 2.23. The minimum Gasteiger partial charge on any atom is -0.324 e. The van der Waals surface area contributed by atoms with E-state index in [0.29, 0.717) is 0 Å². The molecule has 0 fully saturated rings. The van der Waals surface area contributed by atoms with Crippen LogP contribution < -0.4 is 10.6 Å². The zero-order chi connectivity index (χ0) is 13.9. The molecule has 0 spiro atoms. The van der Waals surface area contributed by atoms with Gasteiger partial charge in [-0.25, -0.2) is 0 Å². The van der Waals surface area contributed by atoms with Crippen LogP contribution in [0, 0.1) is 0 Å². The Morgan fingerprint density at radius 1 is 1.32 bits per heavy atom. The second kappa shape index (κ2) is 5.74. The van der Waals surface area contributed by atoms with Gasteiger partial charge < -0.3 is 10.6 Å². The number of para-hydroxylation sites is 1. The molecule has 0 radical (unpaired) electrons. The van der Waals surface area contributed by atoms with Gasteiger partial charge in [-0.1, -0.05) is 32.0 Å². The van der Waals surface area contributed by atoms with Crippen LogP contribution in [0.15, 0.2) is 24.3 Å². The summed E-state index contributed by atoms with van der Waals surface area (Å²) in [6.07, 6.45) is 3.86. The van der Waals surface area contributed by atoms with Gasteiger partial charge in [0.1, 0.15) is 0 Å². The van der Waals surface area contributed by atoms with Crippen molar-refractivity contribution in [2.24, 2.45) is 0 Å². The number of carbonyl (C=O) groups is 1. The van der Waals surface area contributed by atoms with Crippen LogP contribution in [0.4, 0.5) is 5.69 Å². The van der Waals surface area contributed by atoms with Gasteiger partial charge in [-0.3, -0.25) is 4.79 Å². The molecule has 104 valence electrons. The second-order valence-electron chi connectivity index (χ2n) is 5.65. The molecule has 1 unspecified atom stereocenters. The Morgan fingerprint density at radius 3 is 2.68 bits per heavy atom. The maximum absolute atomic E-state index is 12.3. The number of carbonyl (C=O) groups excluding carboxylic acids is 1. The summed E-state index contributed by atoms with van der Waals surface area (Å²) in [5.74, 6) is 0.0954. The number of hydrogen-bond donors (Lipinski definition) is 2. The molecule has 1 aliphatic heterocycles. The molecule has 19 heavy (non-hydrogen) atoms. The lowest BCUT2D eigenvalue weighted by Crippen LogP contribution is -2.52. The van der Waals surface area contributed by atoms with E-state index in [0.717, 1.165) is 31.4 Å². The third-order valence-electron chi connectivity index (χ3n) is 4.38. The molecule has 2 N–H and O–H groups in total. The van der Waals surface area contributed by atoms with Crippen LogP contribution in [0.3, 0.4) is 0 Å². The lowest BCUT2D eigenvalue weighted by Gasteiger charge is -2.32. The van der Waals surface area contributed by atoms with E-state index >= 15 is 0 Å². The molecule has 2 rings (SSSR count). The first kappa shape index (κ1) is 14.1. The number of amides is 1. The van der Waals surface area contributed by atoms with Crippen molar-refractivity contribution >= 4 is 11.6 Å². The number of benzene rings is 1. The molecule has 3 nitrogen and oxygen atoms in total. The first-order valence-corrected chi connectivity index (χ1v) is 7.24. The monoisotopic (exact) mass is 260 g/mol. The normalized spacial score (nSPS) is 19.5. The van der Waals surface area contributed by atoms with Crippen molar-refractivity contribution in [1.29, 1.82) is 0 Å². The molecular formula is C16H24N2O. The second-order valence-corrected chi connectivity index (χ2v) is 5.65. The van der Waals surface area contributed by atoms with Crippen molar-refractivity contribution in [3.05, 3.63) is 29.8 Å². The van der Waals surface area contributed by atoms with Gasteiger partial charge in [0.2, 0.25) is 5.91 Å². The van der Waals surface area contributed by atoms with Crippen LogP contribution in [-0.4, -0.2) is 17.5 Å². The highest BCUT2D eigenvalue weighted by Gasteiger charge is 2.29. The molecule has 0 saturated heterocycles. The summed E-state index contributed by atoms with van der Waals surface area (Å²) < 4.78 is 0. The number of aryl methyl sites for hydroxylation is 1. The fourth-order valence-electron chi connectivity index (χ4n) is 2.52. The largest absolute Gasteiger partial charge is 0.324 e. The van der Waals surface area contributed by atoms with Gasteiger partial charge in [-0.05, 0) is 44.2 Å². The van der Waals surface area contributed by atoms with E-state index in [1.54, 1.807) is 0 Å². The summed E-state index contributed by atoms with van der Waals surface area (Å²) in [5, 5.41) is 6.59. The highest BCUT2D eigenvalue weighted by molar-refractivity contribution is 5.96. The van der Waals surface area contributed by atoms with Crippen molar-refractivity contribution in [3.63, 3.8) is 0 Å². The predicted octanol–water partition coefficient (Wildman–Crippen LogP) is 3.11. The first-order valence-electron chi connectivity index (χ1n) is 7.24. The molecule has 1 heterocycles. The van der Waals surface area contributed by atoms with Crippen LogP contribution in [0.2, 0.25) is 0 Å². The number of anilines is 1. The average Bonchev–Trinajstić information content (AvgIpc) is 2.58.